The maximum atomic E-state index is 4.86. The van der Waals surface area contributed by atoms with Crippen molar-refractivity contribution in [3.63, 3.8) is 0 Å². The lowest BCUT2D eigenvalue weighted by molar-refractivity contribution is 0.398. The Kier molecular flexibility index (Phi) is 5.53. The number of hydrogen-bond donors (Lipinski definition) is 1. The molecular formula is C23H26N6. The first-order valence-electron chi connectivity index (χ1n) is 9.89. The van der Waals surface area contributed by atoms with Gasteiger partial charge in [0, 0.05) is 12.1 Å². The van der Waals surface area contributed by atoms with Crippen molar-refractivity contribution in [1.29, 1.82) is 0 Å². The number of anilines is 2. The van der Waals surface area contributed by atoms with Crippen LogP contribution in [0.25, 0.3) is 16.7 Å². The first kappa shape index (κ1) is 19.1. The van der Waals surface area contributed by atoms with E-state index in [9.17, 15) is 0 Å². The number of para-hydroxylation sites is 2. The normalized spacial score (nSPS) is 11.3. The van der Waals surface area contributed by atoms with Crippen LogP contribution in [-0.2, 0) is 6.42 Å². The fourth-order valence-corrected chi connectivity index (χ4v) is 3.31. The maximum absolute atomic E-state index is 4.86. The molecule has 4 aromatic rings. The number of nitrogens with one attached hydrogen (secondary N) is 1. The average molecular weight is 387 g/mol. The van der Waals surface area contributed by atoms with Crippen molar-refractivity contribution in [3.8, 4) is 5.69 Å². The van der Waals surface area contributed by atoms with Crippen LogP contribution in [0.3, 0.4) is 0 Å². The molecular weight excluding hydrogens is 360 g/mol. The molecule has 0 aliphatic rings. The van der Waals surface area contributed by atoms with E-state index in [1.807, 2.05) is 53.3 Å². The van der Waals surface area contributed by atoms with E-state index >= 15 is 0 Å². The summed E-state index contributed by atoms with van der Waals surface area (Å²) in [5.41, 5.74) is 4.02. The summed E-state index contributed by atoms with van der Waals surface area (Å²) < 4.78 is 1.88. The third kappa shape index (κ3) is 4.27. The molecule has 0 aliphatic heterocycles. The zero-order valence-electron chi connectivity index (χ0n) is 17.1. The first-order chi connectivity index (χ1) is 14.1. The fourth-order valence-electron chi connectivity index (χ4n) is 3.31. The molecule has 6 nitrogen and oxygen atoms in total. The van der Waals surface area contributed by atoms with Crippen molar-refractivity contribution in [2.75, 3.05) is 26.0 Å². The van der Waals surface area contributed by atoms with Gasteiger partial charge in [0.05, 0.1) is 17.3 Å². The minimum Gasteiger partial charge on any atom is -0.339 e. The van der Waals surface area contributed by atoms with Crippen molar-refractivity contribution in [2.45, 2.75) is 19.8 Å². The van der Waals surface area contributed by atoms with E-state index in [2.05, 4.69) is 48.5 Å². The van der Waals surface area contributed by atoms with E-state index in [1.165, 1.54) is 5.56 Å². The second-order valence-corrected chi connectivity index (χ2v) is 7.46. The van der Waals surface area contributed by atoms with Crippen molar-refractivity contribution >= 4 is 22.5 Å². The van der Waals surface area contributed by atoms with Crippen LogP contribution in [0.2, 0.25) is 0 Å². The van der Waals surface area contributed by atoms with Gasteiger partial charge in [-0.15, -0.1) is 0 Å². The summed E-state index contributed by atoms with van der Waals surface area (Å²) in [7, 11) is 4.17. The minimum atomic E-state index is 0.798. The molecule has 0 amide bonds. The van der Waals surface area contributed by atoms with Gasteiger partial charge in [-0.3, -0.25) is 0 Å². The smallest absolute Gasteiger partial charge is 0.168 e. The predicted octanol–water partition coefficient (Wildman–Crippen LogP) is 4.36. The molecule has 0 aliphatic carbocycles. The van der Waals surface area contributed by atoms with Crippen molar-refractivity contribution in [3.05, 3.63) is 72.2 Å². The van der Waals surface area contributed by atoms with Crippen LogP contribution in [0.4, 0.5) is 11.5 Å². The Morgan fingerprint density at radius 2 is 1.72 bits per heavy atom. The quantitative estimate of drug-likeness (QED) is 0.511. The van der Waals surface area contributed by atoms with Crippen molar-refractivity contribution in [2.24, 2.45) is 0 Å². The van der Waals surface area contributed by atoms with Gasteiger partial charge in [0.15, 0.2) is 5.65 Å². The SMILES string of the molecule is Cc1ccccc1Nc1nc(CCCN(C)C)nc2c1cnn2-c1ccccc1. The van der Waals surface area contributed by atoms with Crippen LogP contribution in [0.15, 0.2) is 60.8 Å². The van der Waals surface area contributed by atoms with E-state index in [4.69, 9.17) is 9.97 Å². The Morgan fingerprint density at radius 3 is 2.48 bits per heavy atom. The Bertz CT molecular complexity index is 1100. The van der Waals surface area contributed by atoms with Gasteiger partial charge in [-0.25, -0.2) is 14.6 Å². The molecule has 2 aromatic carbocycles. The van der Waals surface area contributed by atoms with Crippen LogP contribution in [0.1, 0.15) is 17.8 Å². The lowest BCUT2D eigenvalue weighted by atomic mass is 10.2. The summed E-state index contributed by atoms with van der Waals surface area (Å²) in [6.07, 6.45) is 3.66. The van der Waals surface area contributed by atoms with E-state index in [-0.39, 0.29) is 0 Å². The Balaban J connectivity index is 1.78. The monoisotopic (exact) mass is 386 g/mol. The molecule has 0 fully saturated rings. The molecule has 2 aromatic heterocycles. The largest absolute Gasteiger partial charge is 0.339 e. The molecule has 0 saturated carbocycles. The number of aromatic nitrogens is 4. The highest BCUT2D eigenvalue weighted by molar-refractivity contribution is 5.89. The van der Waals surface area contributed by atoms with Crippen LogP contribution in [0.5, 0.6) is 0 Å². The summed E-state index contributed by atoms with van der Waals surface area (Å²) in [5, 5.41) is 9.02. The molecule has 0 unspecified atom stereocenters. The van der Waals surface area contributed by atoms with Gasteiger partial charge < -0.3 is 10.2 Å². The zero-order chi connectivity index (χ0) is 20.2. The molecule has 0 atom stereocenters. The number of hydrogen-bond acceptors (Lipinski definition) is 5. The van der Waals surface area contributed by atoms with Crippen LogP contribution in [0, 0.1) is 6.92 Å². The molecule has 1 N–H and O–H groups in total. The number of rotatable bonds is 7. The molecule has 0 saturated heterocycles. The van der Waals surface area contributed by atoms with Crippen molar-refractivity contribution < 1.29 is 0 Å². The molecule has 0 radical (unpaired) electrons. The number of benzene rings is 2. The van der Waals surface area contributed by atoms with Crippen molar-refractivity contribution in [1.82, 2.24) is 24.6 Å². The third-order valence-electron chi connectivity index (χ3n) is 4.88. The van der Waals surface area contributed by atoms with Gasteiger partial charge in [-0.05, 0) is 57.7 Å². The molecule has 148 valence electrons. The van der Waals surface area contributed by atoms with E-state index in [0.717, 1.165) is 53.4 Å². The number of nitrogens with zero attached hydrogens (tertiary/aromatic N) is 5. The average Bonchev–Trinajstić information content (AvgIpc) is 3.14. The lowest BCUT2D eigenvalue weighted by Crippen LogP contribution is -2.14. The van der Waals surface area contributed by atoms with Crippen LogP contribution >= 0.6 is 0 Å². The van der Waals surface area contributed by atoms with E-state index in [1.54, 1.807) is 0 Å². The summed E-state index contributed by atoms with van der Waals surface area (Å²) >= 11 is 0. The highest BCUT2D eigenvalue weighted by atomic mass is 15.3. The van der Waals surface area contributed by atoms with Gasteiger partial charge in [0.1, 0.15) is 11.6 Å². The molecule has 2 heterocycles. The highest BCUT2D eigenvalue weighted by Gasteiger charge is 2.15. The summed E-state index contributed by atoms with van der Waals surface area (Å²) in [6.45, 7) is 3.09. The molecule has 29 heavy (non-hydrogen) atoms. The van der Waals surface area contributed by atoms with Gasteiger partial charge in [0.2, 0.25) is 0 Å². The molecule has 6 heteroatoms. The third-order valence-corrected chi connectivity index (χ3v) is 4.88. The topological polar surface area (TPSA) is 58.9 Å². The second kappa shape index (κ2) is 8.41. The Morgan fingerprint density at radius 1 is 0.966 bits per heavy atom. The van der Waals surface area contributed by atoms with E-state index < -0.39 is 0 Å². The molecule has 0 bridgehead atoms. The Hall–Kier alpha value is -3.25. The predicted molar refractivity (Wildman–Crippen MR) is 118 cm³/mol. The Labute approximate surface area is 171 Å². The van der Waals surface area contributed by atoms with Crippen LogP contribution < -0.4 is 5.32 Å². The molecule has 4 rings (SSSR count). The fraction of sp³-hybridized carbons (Fsp3) is 0.261. The van der Waals surface area contributed by atoms with Crippen LogP contribution in [-0.4, -0.2) is 45.3 Å². The standard InChI is InChI=1S/C23H26N6/c1-17-10-7-8-13-20(17)25-22-19-16-24-29(18-11-5-4-6-12-18)23(19)27-21(26-22)14-9-15-28(2)3/h4-8,10-13,16H,9,14-15H2,1-3H3,(H,25,26,27). The minimum absolute atomic E-state index is 0.798. The van der Waals surface area contributed by atoms with E-state index in [0.29, 0.717) is 0 Å². The number of fused-ring (bicyclic) bond motifs is 1. The summed E-state index contributed by atoms with van der Waals surface area (Å²) in [6, 6.07) is 18.3. The van der Waals surface area contributed by atoms with Gasteiger partial charge in [0.25, 0.3) is 0 Å². The molecule has 0 spiro atoms. The maximum Gasteiger partial charge on any atom is 0.168 e. The van der Waals surface area contributed by atoms with Gasteiger partial charge in [-0.2, -0.15) is 5.10 Å². The lowest BCUT2D eigenvalue weighted by Gasteiger charge is -2.12. The summed E-state index contributed by atoms with van der Waals surface area (Å²) in [5.74, 6) is 1.62. The zero-order valence-corrected chi connectivity index (χ0v) is 17.1. The number of aryl methyl sites for hydroxylation is 2. The van der Waals surface area contributed by atoms with Gasteiger partial charge >= 0.3 is 0 Å². The second-order valence-electron chi connectivity index (χ2n) is 7.46. The van der Waals surface area contributed by atoms with Gasteiger partial charge in [-0.1, -0.05) is 36.4 Å². The first-order valence-corrected chi connectivity index (χ1v) is 9.89. The highest BCUT2D eigenvalue weighted by Crippen LogP contribution is 2.27. The summed E-state index contributed by atoms with van der Waals surface area (Å²) in [4.78, 5) is 11.9.